The summed E-state index contributed by atoms with van der Waals surface area (Å²) in [4.78, 5) is 6.05. The van der Waals surface area contributed by atoms with Crippen molar-refractivity contribution in [2.75, 3.05) is 26.9 Å². The highest BCUT2D eigenvalue weighted by atomic mass is 127. The van der Waals surface area contributed by atoms with Crippen molar-refractivity contribution in [2.24, 2.45) is 4.99 Å². The fourth-order valence-corrected chi connectivity index (χ4v) is 3.49. The first-order valence-electron chi connectivity index (χ1n) is 10.0. The molecule has 0 saturated heterocycles. The van der Waals surface area contributed by atoms with Crippen LogP contribution in [0.1, 0.15) is 21.8 Å². The average molecular weight is 555 g/mol. The summed E-state index contributed by atoms with van der Waals surface area (Å²) in [6.45, 7) is 5.11. The number of benzene rings is 1. The van der Waals surface area contributed by atoms with E-state index in [1.54, 1.807) is 24.7 Å². The van der Waals surface area contributed by atoms with Crippen LogP contribution in [-0.2, 0) is 24.2 Å². The summed E-state index contributed by atoms with van der Waals surface area (Å²) < 4.78 is 16.4. The highest BCUT2D eigenvalue weighted by Gasteiger charge is 2.06. The third-order valence-corrected chi connectivity index (χ3v) is 5.31. The molecule has 0 atom stereocenters. The lowest BCUT2D eigenvalue weighted by atomic mass is 10.1. The van der Waals surface area contributed by atoms with Gasteiger partial charge in [-0.25, -0.2) is 4.99 Å². The summed E-state index contributed by atoms with van der Waals surface area (Å²) >= 11 is 1.72. The maximum absolute atomic E-state index is 5.89. The van der Waals surface area contributed by atoms with Gasteiger partial charge in [0.15, 0.2) is 5.96 Å². The molecule has 0 fully saturated rings. The molecule has 0 aliphatic carbocycles. The molecule has 0 aliphatic rings. The highest BCUT2D eigenvalue weighted by Crippen LogP contribution is 2.21. The molecule has 0 radical (unpaired) electrons. The number of nitrogens with one attached hydrogen (secondary N) is 2. The summed E-state index contributed by atoms with van der Waals surface area (Å²) in [5.41, 5.74) is 2.20. The molecule has 6 nitrogen and oxygen atoms in total. The molecule has 2 aromatic heterocycles. The monoisotopic (exact) mass is 555 g/mol. The predicted octanol–water partition coefficient (Wildman–Crippen LogP) is 4.77. The van der Waals surface area contributed by atoms with Crippen molar-refractivity contribution in [1.29, 1.82) is 0 Å². The van der Waals surface area contributed by atoms with Gasteiger partial charge in [0, 0.05) is 30.5 Å². The highest BCUT2D eigenvalue weighted by molar-refractivity contribution is 14.0. The number of halogens is 1. The van der Waals surface area contributed by atoms with E-state index in [1.165, 1.54) is 4.88 Å². The lowest BCUT2D eigenvalue weighted by Gasteiger charge is -2.14. The van der Waals surface area contributed by atoms with Crippen LogP contribution in [0.5, 0.6) is 5.75 Å². The second kappa shape index (κ2) is 14.1. The number of guanidine groups is 1. The van der Waals surface area contributed by atoms with Crippen molar-refractivity contribution in [3.05, 3.63) is 75.9 Å². The minimum absolute atomic E-state index is 0. The Morgan fingerprint density at radius 3 is 2.77 bits per heavy atom. The van der Waals surface area contributed by atoms with Crippen LogP contribution in [0.4, 0.5) is 0 Å². The van der Waals surface area contributed by atoms with Gasteiger partial charge in [-0.15, -0.1) is 35.3 Å². The normalized spacial score (nSPS) is 11.1. The molecular formula is C23H30IN3O3S. The molecule has 168 valence electrons. The standard InChI is InChI=1S/C23H29N3O3S.HI/c1-18-7-8-19(22(15-18)29-13-12-27-2)16-25-23(26-17-21-6-4-14-30-21)24-10-9-20-5-3-11-28-20;/h3-8,11,14-15H,9-10,12-13,16-17H2,1-2H3,(H2,24,25,26);1H. The van der Waals surface area contributed by atoms with Gasteiger partial charge < -0.3 is 24.5 Å². The van der Waals surface area contributed by atoms with E-state index in [0.29, 0.717) is 19.8 Å². The summed E-state index contributed by atoms with van der Waals surface area (Å²) in [7, 11) is 1.67. The van der Waals surface area contributed by atoms with Crippen molar-refractivity contribution < 1.29 is 13.9 Å². The Morgan fingerprint density at radius 2 is 2.03 bits per heavy atom. The minimum Gasteiger partial charge on any atom is -0.491 e. The molecule has 0 spiro atoms. The first-order valence-corrected chi connectivity index (χ1v) is 10.9. The summed E-state index contributed by atoms with van der Waals surface area (Å²) in [6, 6.07) is 14.2. The Bertz CT molecular complexity index is 899. The maximum Gasteiger partial charge on any atom is 0.191 e. The second-order valence-electron chi connectivity index (χ2n) is 6.81. The SMILES string of the molecule is COCCOc1cc(C)ccc1CN=C(NCCc1ccco1)NCc1cccs1.I. The molecule has 1 aromatic carbocycles. The first-order chi connectivity index (χ1) is 14.7. The molecule has 3 aromatic rings. The van der Waals surface area contributed by atoms with E-state index in [4.69, 9.17) is 18.9 Å². The van der Waals surface area contributed by atoms with Crippen LogP contribution in [0.3, 0.4) is 0 Å². The molecule has 0 bridgehead atoms. The lowest BCUT2D eigenvalue weighted by Crippen LogP contribution is -2.38. The van der Waals surface area contributed by atoms with Gasteiger partial charge >= 0.3 is 0 Å². The van der Waals surface area contributed by atoms with Gasteiger partial charge in [-0.3, -0.25) is 0 Å². The third kappa shape index (κ3) is 8.92. The molecule has 2 heterocycles. The number of ether oxygens (including phenoxy) is 2. The fourth-order valence-electron chi connectivity index (χ4n) is 2.84. The number of hydrogen-bond donors (Lipinski definition) is 2. The van der Waals surface area contributed by atoms with Gasteiger partial charge in [0.05, 0.1) is 26.0 Å². The maximum atomic E-state index is 5.89. The van der Waals surface area contributed by atoms with E-state index in [9.17, 15) is 0 Å². The molecule has 2 N–H and O–H groups in total. The fraction of sp³-hybridized carbons (Fsp3) is 0.348. The van der Waals surface area contributed by atoms with Gasteiger partial charge in [0.1, 0.15) is 18.1 Å². The van der Waals surface area contributed by atoms with Crippen molar-refractivity contribution >= 4 is 41.3 Å². The molecule has 0 aliphatic heterocycles. The van der Waals surface area contributed by atoms with E-state index in [1.807, 2.05) is 18.2 Å². The van der Waals surface area contributed by atoms with Crippen LogP contribution in [0, 0.1) is 6.92 Å². The van der Waals surface area contributed by atoms with Gasteiger partial charge in [0.2, 0.25) is 0 Å². The van der Waals surface area contributed by atoms with E-state index < -0.39 is 0 Å². The molecule has 8 heteroatoms. The predicted molar refractivity (Wildman–Crippen MR) is 137 cm³/mol. The molecule has 0 unspecified atom stereocenters. The first kappa shape index (κ1) is 25.2. The topological polar surface area (TPSA) is 68.0 Å². The van der Waals surface area contributed by atoms with Gasteiger partial charge in [0.25, 0.3) is 0 Å². The third-order valence-electron chi connectivity index (χ3n) is 4.43. The molecular weight excluding hydrogens is 525 g/mol. The molecule has 31 heavy (non-hydrogen) atoms. The van der Waals surface area contributed by atoms with E-state index in [-0.39, 0.29) is 24.0 Å². The van der Waals surface area contributed by atoms with Gasteiger partial charge in [-0.1, -0.05) is 18.2 Å². The summed E-state index contributed by atoms with van der Waals surface area (Å²) in [5.74, 6) is 2.56. The van der Waals surface area contributed by atoms with Crippen LogP contribution in [0.15, 0.2) is 63.5 Å². The van der Waals surface area contributed by atoms with Crippen molar-refractivity contribution in [2.45, 2.75) is 26.4 Å². The van der Waals surface area contributed by atoms with Crippen LogP contribution >= 0.6 is 35.3 Å². The van der Waals surface area contributed by atoms with Gasteiger partial charge in [-0.2, -0.15) is 0 Å². The number of nitrogens with zero attached hydrogens (tertiary/aromatic N) is 1. The Balaban J connectivity index is 0.00000341. The Kier molecular flexibility index (Phi) is 11.5. The van der Waals surface area contributed by atoms with Crippen molar-refractivity contribution in [3.8, 4) is 5.75 Å². The van der Waals surface area contributed by atoms with E-state index >= 15 is 0 Å². The lowest BCUT2D eigenvalue weighted by molar-refractivity contribution is 0.145. The summed E-state index contributed by atoms with van der Waals surface area (Å²) in [6.07, 6.45) is 2.49. The second-order valence-corrected chi connectivity index (χ2v) is 7.84. The number of thiophene rings is 1. The Morgan fingerprint density at radius 1 is 1.13 bits per heavy atom. The zero-order valence-electron chi connectivity index (χ0n) is 17.9. The van der Waals surface area contributed by atoms with E-state index in [0.717, 1.165) is 48.1 Å². The minimum atomic E-state index is 0. The van der Waals surface area contributed by atoms with Crippen LogP contribution in [-0.4, -0.2) is 32.8 Å². The average Bonchev–Trinajstić information content (AvgIpc) is 3.45. The van der Waals surface area contributed by atoms with Crippen molar-refractivity contribution in [1.82, 2.24) is 10.6 Å². The van der Waals surface area contributed by atoms with E-state index in [2.05, 4.69) is 47.2 Å². The zero-order valence-corrected chi connectivity index (χ0v) is 21.1. The number of hydrogen-bond acceptors (Lipinski definition) is 5. The largest absolute Gasteiger partial charge is 0.491 e. The molecule has 0 saturated carbocycles. The summed E-state index contributed by atoms with van der Waals surface area (Å²) in [5, 5.41) is 8.89. The number of aryl methyl sites for hydroxylation is 1. The van der Waals surface area contributed by atoms with Crippen LogP contribution in [0.2, 0.25) is 0 Å². The number of furan rings is 1. The Hall–Kier alpha value is -2.04. The van der Waals surface area contributed by atoms with Crippen LogP contribution < -0.4 is 15.4 Å². The molecule has 3 rings (SSSR count). The Labute approximate surface area is 205 Å². The number of rotatable bonds is 11. The number of methoxy groups -OCH3 is 1. The smallest absolute Gasteiger partial charge is 0.191 e. The van der Waals surface area contributed by atoms with Crippen LogP contribution in [0.25, 0.3) is 0 Å². The number of aliphatic imine (C=N–C) groups is 1. The van der Waals surface area contributed by atoms with Gasteiger partial charge in [-0.05, 0) is 42.1 Å². The zero-order chi connectivity index (χ0) is 21.0. The van der Waals surface area contributed by atoms with Crippen molar-refractivity contribution in [3.63, 3.8) is 0 Å². The quantitative estimate of drug-likeness (QED) is 0.155. The molecule has 0 amide bonds.